The van der Waals surface area contributed by atoms with Gasteiger partial charge in [0.25, 0.3) is 0 Å². The summed E-state index contributed by atoms with van der Waals surface area (Å²) in [4.78, 5) is 43.4. The average Bonchev–Trinajstić information content (AvgIpc) is 3.14. The third kappa shape index (κ3) is 5.38. The van der Waals surface area contributed by atoms with Gasteiger partial charge in [-0.05, 0) is 6.07 Å². The Labute approximate surface area is 172 Å². The van der Waals surface area contributed by atoms with E-state index in [9.17, 15) is 28.8 Å². The normalized spacial score (nSPS) is 28.5. The van der Waals surface area contributed by atoms with Gasteiger partial charge < -0.3 is 40.3 Å². The van der Waals surface area contributed by atoms with Crippen molar-refractivity contribution >= 4 is 40.3 Å². The van der Waals surface area contributed by atoms with E-state index >= 15 is 0 Å². The van der Waals surface area contributed by atoms with Gasteiger partial charge in [-0.15, -0.1) is 0 Å². The molecule has 174 valence electrons. The van der Waals surface area contributed by atoms with Gasteiger partial charge >= 0.3 is 23.5 Å². The van der Waals surface area contributed by atoms with Crippen LogP contribution < -0.4 is 5.73 Å². The third-order valence-corrected chi connectivity index (χ3v) is 7.89. The Kier molecular flexibility index (Phi) is 6.48. The van der Waals surface area contributed by atoms with E-state index < -0.39 is 54.6 Å². The van der Waals surface area contributed by atoms with Crippen LogP contribution in [0.4, 0.5) is 5.82 Å². The lowest BCUT2D eigenvalue weighted by Crippen LogP contribution is -2.47. The topological polar surface area (TPSA) is 266 Å². The molecule has 3 heterocycles. The van der Waals surface area contributed by atoms with Crippen molar-refractivity contribution in [3.63, 3.8) is 0 Å². The molecule has 0 aromatic carbocycles. The summed E-state index contributed by atoms with van der Waals surface area (Å²) in [6.07, 6.45) is -0.711. The first-order chi connectivity index (χ1) is 14.1. The molecular formula is C11H17N4O13P3. The molecule has 0 radical (unpaired) electrons. The Hall–Kier alpha value is -1.29. The summed E-state index contributed by atoms with van der Waals surface area (Å²) >= 11 is 0. The van der Waals surface area contributed by atoms with E-state index in [1.54, 1.807) is 0 Å². The lowest BCUT2D eigenvalue weighted by atomic mass is 10.1. The number of hydrogen-bond acceptors (Lipinski definition) is 12. The van der Waals surface area contributed by atoms with Crippen LogP contribution in [0.15, 0.2) is 18.6 Å². The van der Waals surface area contributed by atoms with Crippen molar-refractivity contribution in [2.24, 2.45) is 0 Å². The molecule has 31 heavy (non-hydrogen) atoms. The number of phosphoric ester groups is 1. The van der Waals surface area contributed by atoms with Crippen molar-refractivity contribution in [2.45, 2.75) is 17.9 Å². The highest BCUT2D eigenvalue weighted by molar-refractivity contribution is 7.66. The standard InChI is InChI=1S/C11H17N4O13P3/c12-9-6-1-2-15(10(6)14-5-13-9)11(17)4-25-7(8(11)16)3-26-30(21,22)28-31(23,24)27-29(18,19)20/h1-2,5,7-8,16-17H,3-4H2,(H,21,22)(H,23,24)(H2,12,13,14)(H2,18,19,20). The predicted molar refractivity (Wildman–Crippen MR) is 97.7 cm³/mol. The maximum atomic E-state index is 11.8. The van der Waals surface area contributed by atoms with Crippen molar-refractivity contribution in [3.05, 3.63) is 18.6 Å². The van der Waals surface area contributed by atoms with Crippen LogP contribution in [-0.2, 0) is 37.3 Å². The highest BCUT2D eigenvalue weighted by Crippen LogP contribution is 2.66. The maximum absolute atomic E-state index is 11.8. The maximum Gasteiger partial charge on any atom is 0.490 e. The summed E-state index contributed by atoms with van der Waals surface area (Å²) < 4.78 is 51.6. The number of fused-ring (bicyclic) bond motifs is 1. The summed E-state index contributed by atoms with van der Waals surface area (Å²) in [6.45, 7) is -1.46. The van der Waals surface area contributed by atoms with Gasteiger partial charge in [-0.25, -0.2) is 23.7 Å². The van der Waals surface area contributed by atoms with E-state index in [1.807, 2.05) is 0 Å². The number of aliphatic hydroxyl groups is 2. The fourth-order valence-electron chi connectivity index (χ4n) is 2.81. The molecule has 17 nitrogen and oxygen atoms in total. The van der Waals surface area contributed by atoms with Gasteiger partial charge in [0.2, 0.25) is 0 Å². The van der Waals surface area contributed by atoms with Gasteiger partial charge in [-0.1, -0.05) is 0 Å². The molecule has 2 aromatic heterocycles. The summed E-state index contributed by atoms with van der Waals surface area (Å²) in [6, 6.07) is 1.48. The first kappa shape index (κ1) is 24.4. The molecule has 0 bridgehead atoms. The number of nitrogen functional groups attached to an aromatic ring is 1. The predicted octanol–water partition coefficient (Wildman–Crippen LogP) is -1.24. The van der Waals surface area contributed by atoms with Crippen molar-refractivity contribution in [2.75, 3.05) is 18.9 Å². The SMILES string of the molecule is Nc1ncnc2c1ccn2C1(O)COC(COP(=O)(O)OP(=O)(O)OP(=O)(O)O)C1O. The zero-order valence-electron chi connectivity index (χ0n) is 15.1. The number of nitrogens with zero attached hydrogens (tertiary/aromatic N) is 3. The Morgan fingerprint density at radius 2 is 1.87 bits per heavy atom. The molecule has 0 aliphatic carbocycles. The van der Waals surface area contributed by atoms with Crippen molar-refractivity contribution in [1.29, 1.82) is 0 Å². The minimum absolute atomic E-state index is 0.116. The minimum Gasteiger partial charge on any atom is -0.385 e. The van der Waals surface area contributed by atoms with Crippen molar-refractivity contribution < 1.29 is 61.4 Å². The van der Waals surface area contributed by atoms with Crippen LogP contribution in [0.25, 0.3) is 11.0 Å². The number of aliphatic hydroxyl groups excluding tert-OH is 1. The van der Waals surface area contributed by atoms with Gasteiger partial charge in [-0.2, -0.15) is 8.62 Å². The number of phosphoric acid groups is 3. The van der Waals surface area contributed by atoms with Crippen LogP contribution in [0.3, 0.4) is 0 Å². The summed E-state index contributed by atoms with van der Waals surface area (Å²) in [5.41, 5.74) is 3.78. The summed E-state index contributed by atoms with van der Waals surface area (Å²) in [7, 11) is -16.7. The minimum atomic E-state index is -5.69. The Bertz CT molecular complexity index is 1120. The molecule has 20 heteroatoms. The van der Waals surface area contributed by atoms with Gasteiger partial charge in [0.15, 0.2) is 5.72 Å². The van der Waals surface area contributed by atoms with E-state index in [0.717, 1.165) is 10.9 Å². The van der Waals surface area contributed by atoms with Crippen LogP contribution >= 0.6 is 23.5 Å². The summed E-state index contributed by atoms with van der Waals surface area (Å²) in [5.74, 6) is 0.116. The fourth-order valence-corrected chi connectivity index (χ4v) is 5.84. The fraction of sp³-hybridized carbons (Fsp3) is 0.455. The molecule has 5 unspecified atom stereocenters. The lowest BCUT2D eigenvalue weighted by Gasteiger charge is -2.28. The molecule has 1 fully saturated rings. The van der Waals surface area contributed by atoms with Gasteiger partial charge in [-0.3, -0.25) is 9.09 Å². The van der Waals surface area contributed by atoms with Crippen LogP contribution in [0.2, 0.25) is 0 Å². The van der Waals surface area contributed by atoms with Crippen LogP contribution in [0.1, 0.15) is 0 Å². The molecular weight excluding hydrogens is 489 g/mol. The van der Waals surface area contributed by atoms with Crippen LogP contribution in [0.5, 0.6) is 0 Å². The Balaban J connectivity index is 1.70. The average molecular weight is 506 g/mol. The molecule has 5 atom stereocenters. The zero-order valence-corrected chi connectivity index (χ0v) is 17.8. The largest absolute Gasteiger partial charge is 0.490 e. The number of ether oxygens (including phenoxy) is 1. The van der Waals surface area contributed by atoms with E-state index in [2.05, 4.69) is 23.1 Å². The lowest BCUT2D eigenvalue weighted by molar-refractivity contribution is -0.109. The van der Waals surface area contributed by atoms with E-state index in [0.29, 0.717) is 5.39 Å². The zero-order chi connectivity index (χ0) is 23.2. The second-order valence-corrected chi connectivity index (χ2v) is 10.7. The van der Waals surface area contributed by atoms with E-state index in [4.69, 9.17) is 25.2 Å². The number of hydrogen-bond donors (Lipinski definition) is 7. The van der Waals surface area contributed by atoms with Gasteiger partial charge in [0, 0.05) is 6.20 Å². The molecule has 2 aromatic rings. The van der Waals surface area contributed by atoms with Crippen molar-refractivity contribution in [3.8, 4) is 0 Å². The third-order valence-electron chi connectivity index (χ3n) is 4.08. The van der Waals surface area contributed by atoms with Gasteiger partial charge in [0.05, 0.1) is 18.6 Å². The van der Waals surface area contributed by atoms with E-state index in [1.165, 1.54) is 12.3 Å². The first-order valence-corrected chi connectivity index (χ1v) is 12.5. The molecule has 3 rings (SSSR count). The van der Waals surface area contributed by atoms with E-state index in [-0.39, 0.29) is 11.5 Å². The highest BCUT2D eigenvalue weighted by Gasteiger charge is 2.51. The molecule has 1 aliphatic rings. The van der Waals surface area contributed by atoms with Gasteiger partial charge in [0.1, 0.15) is 30.0 Å². The molecule has 8 N–H and O–H groups in total. The molecule has 0 spiro atoms. The second kappa shape index (κ2) is 8.24. The number of rotatable bonds is 8. The molecule has 1 aliphatic heterocycles. The molecule has 0 amide bonds. The number of nitrogens with two attached hydrogens (primary N) is 1. The smallest absolute Gasteiger partial charge is 0.385 e. The second-order valence-electron chi connectivity index (χ2n) is 6.24. The quantitative estimate of drug-likeness (QED) is 0.206. The molecule has 0 saturated carbocycles. The Morgan fingerprint density at radius 1 is 1.19 bits per heavy atom. The monoisotopic (exact) mass is 506 g/mol. The summed E-state index contributed by atoms with van der Waals surface area (Å²) in [5, 5.41) is 21.8. The Morgan fingerprint density at radius 3 is 2.52 bits per heavy atom. The number of aromatic nitrogens is 3. The molecule has 1 saturated heterocycles. The first-order valence-electron chi connectivity index (χ1n) is 8.02. The van der Waals surface area contributed by atoms with Crippen LogP contribution in [-0.4, -0.2) is 69.7 Å². The highest BCUT2D eigenvalue weighted by atomic mass is 31.3. The number of anilines is 1. The van der Waals surface area contributed by atoms with Crippen LogP contribution in [0, 0.1) is 0 Å². The van der Waals surface area contributed by atoms with Crippen molar-refractivity contribution in [1.82, 2.24) is 14.5 Å².